The molecule has 21 heavy (non-hydrogen) atoms. The zero-order chi connectivity index (χ0) is 15.0. The minimum Gasteiger partial charge on any atom is -0.481 e. The number of aromatic nitrogens is 1. The van der Waals surface area contributed by atoms with Gasteiger partial charge in [0, 0.05) is 26.0 Å². The molecule has 0 bridgehead atoms. The number of hydrogen-bond acceptors (Lipinski definition) is 5. The minimum absolute atomic E-state index is 0.0927. The van der Waals surface area contributed by atoms with Gasteiger partial charge in [0.15, 0.2) is 0 Å². The molecule has 2 aliphatic rings. The molecule has 2 aliphatic heterocycles. The first-order valence-corrected chi connectivity index (χ1v) is 6.67. The Bertz CT molecular complexity index is 587. The lowest BCUT2D eigenvalue weighted by molar-refractivity contribution is -0.155. The molecule has 0 saturated carbocycles. The fourth-order valence-corrected chi connectivity index (χ4v) is 2.76. The lowest BCUT2D eigenvalue weighted by Crippen LogP contribution is -2.48. The van der Waals surface area contributed by atoms with Gasteiger partial charge in [-0.05, 0) is 25.0 Å². The van der Waals surface area contributed by atoms with Crippen molar-refractivity contribution >= 4 is 17.8 Å². The van der Waals surface area contributed by atoms with Crippen LogP contribution in [0.25, 0.3) is 0 Å². The second kappa shape index (κ2) is 4.92. The van der Waals surface area contributed by atoms with Gasteiger partial charge in [0.2, 0.25) is 0 Å². The fourth-order valence-electron chi connectivity index (χ4n) is 2.76. The van der Waals surface area contributed by atoms with Crippen LogP contribution in [0.5, 0.6) is 0 Å². The van der Waals surface area contributed by atoms with Crippen LogP contribution in [-0.2, 0) is 9.53 Å². The quantitative estimate of drug-likeness (QED) is 0.817. The second-order valence-corrected chi connectivity index (χ2v) is 5.29. The highest BCUT2D eigenvalue weighted by molar-refractivity contribution is 6.20. The van der Waals surface area contributed by atoms with Crippen LogP contribution < -0.4 is 0 Å². The molecule has 0 atom stereocenters. The van der Waals surface area contributed by atoms with Crippen LogP contribution >= 0.6 is 0 Å². The third-order valence-electron chi connectivity index (χ3n) is 4.10. The van der Waals surface area contributed by atoms with Crippen molar-refractivity contribution < 1.29 is 24.2 Å². The number of carbonyl (C=O) groups is 3. The van der Waals surface area contributed by atoms with E-state index in [-0.39, 0.29) is 30.6 Å². The minimum atomic E-state index is -1.13. The third-order valence-corrected chi connectivity index (χ3v) is 4.10. The molecular formula is C14H14N2O5. The van der Waals surface area contributed by atoms with E-state index in [0.29, 0.717) is 13.2 Å². The summed E-state index contributed by atoms with van der Waals surface area (Å²) in [6.07, 6.45) is 2.00. The Kier molecular flexibility index (Phi) is 3.21. The number of carboxylic acids is 1. The van der Waals surface area contributed by atoms with Crippen molar-refractivity contribution in [1.82, 2.24) is 9.88 Å². The molecule has 110 valence electrons. The third kappa shape index (κ3) is 2.09. The normalized spacial score (nSPS) is 20.5. The number of aliphatic carboxylic acids is 1. The first-order chi connectivity index (χ1) is 10.1. The van der Waals surface area contributed by atoms with Gasteiger partial charge in [-0.1, -0.05) is 0 Å². The predicted octanol–water partition coefficient (Wildman–Crippen LogP) is 0.559. The Labute approximate surface area is 120 Å². The lowest BCUT2D eigenvalue weighted by atomic mass is 9.79. The van der Waals surface area contributed by atoms with Crippen LogP contribution in [-0.4, -0.2) is 52.5 Å². The summed E-state index contributed by atoms with van der Waals surface area (Å²) in [5.41, 5.74) is -0.809. The first kappa shape index (κ1) is 13.7. The van der Waals surface area contributed by atoms with Crippen LogP contribution in [0.1, 0.15) is 33.7 Å². The standard InChI is InChI=1S/C14H14N2O5/c17-11-9-2-1-5-15-10(9)12(18)16(11)8-14(13(19)20)3-6-21-7-4-14/h1-2,5H,3-4,6-8H2,(H,19,20). The highest BCUT2D eigenvalue weighted by Gasteiger charge is 2.47. The Balaban J connectivity index is 1.90. The zero-order valence-electron chi connectivity index (χ0n) is 11.2. The molecule has 0 unspecified atom stereocenters. The Morgan fingerprint density at radius 2 is 2.05 bits per heavy atom. The van der Waals surface area contributed by atoms with Crippen molar-refractivity contribution in [3.63, 3.8) is 0 Å². The predicted molar refractivity (Wildman–Crippen MR) is 69.7 cm³/mol. The van der Waals surface area contributed by atoms with E-state index in [1.54, 1.807) is 6.07 Å². The highest BCUT2D eigenvalue weighted by Crippen LogP contribution is 2.34. The molecule has 1 aromatic heterocycles. The van der Waals surface area contributed by atoms with E-state index < -0.39 is 23.2 Å². The van der Waals surface area contributed by atoms with E-state index in [0.717, 1.165) is 4.90 Å². The number of carboxylic acid groups (broad SMARTS) is 1. The topological polar surface area (TPSA) is 96.8 Å². The Morgan fingerprint density at radius 3 is 2.67 bits per heavy atom. The molecular weight excluding hydrogens is 276 g/mol. The molecule has 1 fully saturated rings. The van der Waals surface area contributed by atoms with Gasteiger partial charge in [-0.25, -0.2) is 0 Å². The van der Waals surface area contributed by atoms with E-state index in [2.05, 4.69) is 4.98 Å². The summed E-state index contributed by atoms with van der Waals surface area (Å²) in [4.78, 5) is 41.1. The van der Waals surface area contributed by atoms with E-state index in [1.807, 2.05) is 0 Å². The number of imide groups is 1. The number of amides is 2. The average Bonchev–Trinajstić information content (AvgIpc) is 2.74. The first-order valence-electron chi connectivity index (χ1n) is 6.67. The van der Waals surface area contributed by atoms with E-state index in [9.17, 15) is 19.5 Å². The van der Waals surface area contributed by atoms with Crippen molar-refractivity contribution in [2.24, 2.45) is 5.41 Å². The van der Waals surface area contributed by atoms with Crippen LogP contribution in [0.2, 0.25) is 0 Å². The van der Waals surface area contributed by atoms with Gasteiger partial charge in [0.25, 0.3) is 11.8 Å². The molecule has 0 spiro atoms. The molecule has 1 N–H and O–H groups in total. The molecule has 3 heterocycles. The van der Waals surface area contributed by atoms with E-state index in [4.69, 9.17) is 4.74 Å². The van der Waals surface area contributed by atoms with Gasteiger partial charge in [-0.2, -0.15) is 0 Å². The highest BCUT2D eigenvalue weighted by atomic mass is 16.5. The molecule has 0 aromatic carbocycles. The monoisotopic (exact) mass is 290 g/mol. The smallest absolute Gasteiger partial charge is 0.311 e. The van der Waals surface area contributed by atoms with Gasteiger partial charge in [-0.3, -0.25) is 24.3 Å². The average molecular weight is 290 g/mol. The lowest BCUT2D eigenvalue weighted by Gasteiger charge is -2.35. The number of ether oxygens (including phenoxy) is 1. The maximum atomic E-state index is 12.3. The molecule has 7 heteroatoms. The summed E-state index contributed by atoms with van der Waals surface area (Å²) in [6, 6.07) is 3.11. The number of carbonyl (C=O) groups excluding carboxylic acids is 2. The zero-order valence-corrected chi connectivity index (χ0v) is 11.2. The number of rotatable bonds is 3. The number of hydrogen-bond donors (Lipinski definition) is 1. The van der Waals surface area contributed by atoms with Gasteiger partial charge in [0.1, 0.15) is 5.69 Å². The number of nitrogens with zero attached hydrogens (tertiary/aromatic N) is 2. The largest absolute Gasteiger partial charge is 0.481 e. The summed E-state index contributed by atoms with van der Waals surface area (Å²) < 4.78 is 5.19. The maximum Gasteiger partial charge on any atom is 0.311 e. The van der Waals surface area contributed by atoms with Crippen LogP contribution in [0, 0.1) is 5.41 Å². The van der Waals surface area contributed by atoms with Crippen molar-refractivity contribution in [3.05, 3.63) is 29.6 Å². The van der Waals surface area contributed by atoms with Crippen molar-refractivity contribution in [3.8, 4) is 0 Å². The molecule has 0 radical (unpaired) electrons. The maximum absolute atomic E-state index is 12.3. The summed E-state index contributed by atoms with van der Waals surface area (Å²) in [6.45, 7) is 0.487. The van der Waals surface area contributed by atoms with Crippen LogP contribution in [0.4, 0.5) is 0 Å². The summed E-state index contributed by atoms with van der Waals surface area (Å²) in [5.74, 6) is -2.01. The Morgan fingerprint density at radius 1 is 1.33 bits per heavy atom. The number of pyridine rings is 1. The van der Waals surface area contributed by atoms with Crippen molar-refractivity contribution in [2.75, 3.05) is 19.8 Å². The number of fused-ring (bicyclic) bond motifs is 1. The molecule has 3 rings (SSSR count). The SMILES string of the molecule is O=C1c2cccnc2C(=O)N1CC1(C(=O)O)CCOCC1. The van der Waals surface area contributed by atoms with Gasteiger partial charge in [-0.15, -0.1) is 0 Å². The molecule has 0 aliphatic carbocycles. The summed E-state index contributed by atoms with van der Waals surface area (Å²) >= 11 is 0. The van der Waals surface area contributed by atoms with Crippen molar-refractivity contribution in [1.29, 1.82) is 0 Å². The summed E-state index contributed by atoms with van der Waals surface area (Å²) in [5, 5.41) is 9.52. The molecule has 1 saturated heterocycles. The van der Waals surface area contributed by atoms with Gasteiger partial charge >= 0.3 is 5.97 Å². The fraction of sp³-hybridized carbons (Fsp3) is 0.429. The van der Waals surface area contributed by atoms with Crippen LogP contribution in [0.15, 0.2) is 18.3 Å². The van der Waals surface area contributed by atoms with Gasteiger partial charge < -0.3 is 9.84 Å². The molecule has 2 amide bonds. The van der Waals surface area contributed by atoms with Crippen LogP contribution in [0.3, 0.4) is 0 Å². The van der Waals surface area contributed by atoms with E-state index in [1.165, 1.54) is 12.3 Å². The summed E-state index contributed by atoms with van der Waals surface area (Å²) in [7, 11) is 0. The van der Waals surface area contributed by atoms with Crippen molar-refractivity contribution in [2.45, 2.75) is 12.8 Å². The second-order valence-electron chi connectivity index (χ2n) is 5.29. The Hall–Kier alpha value is -2.28. The molecule has 7 nitrogen and oxygen atoms in total. The van der Waals surface area contributed by atoms with E-state index >= 15 is 0 Å². The molecule has 1 aromatic rings. The van der Waals surface area contributed by atoms with Gasteiger partial charge in [0.05, 0.1) is 11.0 Å².